The van der Waals surface area contributed by atoms with E-state index in [0.717, 1.165) is 12.1 Å². The fourth-order valence-electron chi connectivity index (χ4n) is 2.45. The van der Waals surface area contributed by atoms with Crippen molar-refractivity contribution in [2.24, 2.45) is 4.99 Å². The normalized spacial score (nSPS) is 12.1. The molecular formula is C19H25ClIN3O2. The summed E-state index contributed by atoms with van der Waals surface area (Å²) in [6.45, 7) is 5.08. The van der Waals surface area contributed by atoms with Gasteiger partial charge in [-0.15, -0.1) is 24.0 Å². The molecule has 1 atom stereocenters. The van der Waals surface area contributed by atoms with Crippen molar-refractivity contribution in [3.05, 3.63) is 58.6 Å². The van der Waals surface area contributed by atoms with Crippen molar-refractivity contribution >= 4 is 41.5 Å². The van der Waals surface area contributed by atoms with Crippen LogP contribution in [0.1, 0.15) is 31.0 Å². The van der Waals surface area contributed by atoms with Gasteiger partial charge in [0.2, 0.25) is 0 Å². The Bertz CT molecular complexity index is 740. The van der Waals surface area contributed by atoms with E-state index in [1.165, 1.54) is 7.11 Å². The molecule has 0 aromatic heterocycles. The number of nitrogens with zero attached hydrogens (tertiary/aromatic N) is 1. The number of phenols is 1. The van der Waals surface area contributed by atoms with E-state index in [2.05, 4.69) is 15.6 Å². The van der Waals surface area contributed by atoms with Crippen LogP contribution in [-0.2, 0) is 6.54 Å². The van der Waals surface area contributed by atoms with E-state index >= 15 is 0 Å². The molecule has 2 aromatic carbocycles. The summed E-state index contributed by atoms with van der Waals surface area (Å²) in [6.07, 6.45) is 0. The standard InChI is InChI=1S/C19H24ClN3O2.HI/c1-4-21-19(23-13(2)15-9-5-6-10-16(15)20)22-12-14-8-7-11-17(25-3)18(14)24;/h5-11,13,24H,4,12H2,1-3H3,(H2,21,22,23);1H. The first-order valence-electron chi connectivity index (χ1n) is 8.21. The van der Waals surface area contributed by atoms with Gasteiger partial charge in [0.15, 0.2) is 17.5 Å². The Labute approximate surface area is 176 Å². The molecule has 0 fully saturated rings. The molecule has 0 aliphatic carbocycles. The molecule has 5 nitrogen and oxygen atoms in total. The molecule has 3 N–H and O–H groups in total. The van der Waals surface area contributed by atoms with Crippen LogP contribution in [0.2, 0.25) is 5.02 Å². The van der Waals surface area contributed by atoms with Crippen LogP contribution >= 0.6 is 35.6 Å². The summed E-state index contributed by atoms with van der Waals surface area (Å²) in [5, 5.41) is 17.4. The maximum Gasteiger partial charge on any atom is 0.192 e. The van der Waals surface area contributed by atoms with Gasteiger partial charge in [0, 0.05) is 17.1 Å². The summed E-state index contributed by atoms with van der Waals surface area (Å²) >= 11 is 6.26. The lowest BCUT2D eigenvalue weighted by atomic mass is 10.1. The van der Waals surface area contributed by atoms with E-state index in [1.54, 1.807) is 6.07 Å². The zero-order valence-electron chi connectivity index (χ0n) is 15.1. The topological polar surface area (TPSA) is 65.9 Å². The number of hydrogen-bond acceptors (Lipinski definition) is 3. The molecule has 0 heterocycles. The van der Waals surface area contributed by atoms with Crippen molar-refractivity contribution < 1.29 is 9.84 Å². The second-order valence-corrected chi connectivity index (χ2v) is 5.96. The number of phenolic OH excluding ortho intramolecular Hbond substituents is 1. The molecule has 0 saturated carbocycles. The van der Waals surface area contributed by atoms with Crippen LogP contribution in [0.5, 0.6) is 11.5 Å². The Morgan fingerprint density at radius 2 is 1.96 bits per heavy atom. The number of ether oxygens (including phenoxy) is 1. The number of aliphatic imine (C=N–C) groups is 1. The minimum Gasteiger partial charge on any atom is -0.504 e. The Kier molecular flexibility index (Phi) is 9.58. The Balaban J connectivity index is 0.00000338. The Morgan fingerprint density at radius 3 is 2.62 bits per heavy atom. The molecule has 0 aliphatic heterocycles. The molecule has 142 valence electrons. The average Bonchev–Trinajstić information content (AvgIpc) is 2.61. The SMILES string of the molecule is CCNC(=NCc1cccc(OC)c1O)NC(C)c1ccccc1Cl.I. The molecular weight excluding hydrogens is 465 g/mol. The number of nitrogens with one attached hydrogen (secondary N) is 2. The number of aromatic hydroxyl groups is 1. The van der Waals surface area contributed by atoms with Gasteiger partial charge in [-0.2, -0.15) is 0 Å². The second kappa shape index (κ2) is 11.1. The molecule has 2 aromatic rings. The highest BCUT2D eigenvalue weighted by atomic mass is 127. The molecule has 26 heavy (non-hydrogen) atoms. The van der Waals surface area contributed by atoms with E-state index in [9.17, 15) is 5.11 Å². The predicted molar refractivity (Wildman–Crippen MR) is 118 cm³/mol. The van der Waals surface area contributed by atoms with Gasteiger partial charge >= 0.3 is 0 Å². The molecule has 7 heteroatoms. The quantitative estimate of drug-likeness (QED) is 0.318. The molecule has 0 spiro atoms. The van der Waals surface area contributed by atoms with Crippen LogP contribution in [0.25, 0.3) is 0 Å². The average molecular weight is 490 g/mol. The van der Waals surface area contributed by atoms with Crippen molar-refractivity contribution in [1.29, 1.82) is 0 Å². The zero-order chi connectivity index (χ0) is 18.2. The van der Waals surface area contributed by atoms with E-state index in [4.69, 9.17) is 16.3 Å². The maximum absolute atomic E-state index is 10.2. The third kappa shape index (κ3) is 5.95. The van der Waals surface area contributed by atoms with Gasteiger partial charge in [-0.3, -0.25) is 0 Å². The van der Waals surface area contributed by atoms with Gasteiger partial charge in [0.1, 0.15) is 0 Å². The number of halogens is 2. The summed E-state index contributed by atoms with van der Waals surface area (Å²) < 4.78 is 5.13. The fraction of sp³-hybridized carbons (Fsp3) is 0.316. The van der Waals surface area contributed by atoms with Gasteiger partial charge in [-0.25, -0.2) is 4.99 Å². The van der Waals surface area contributed by atoms with E-state index in [-0.39, 0.29) is 35.8 Å². The van der Waals surface area contributed by atoms with E-state index < -0.39 is 0 Å². The molecule has 1 unspecified atom stereocenters. The first-order valence-corrected chi connectivity index (χ1v) is 8.58. The number of para-hydroxylation sites is 1. The third-order valence-corrected chi connectivity index (χ3v) is 4.12. The van der Waals surface area contributed by atoms with E-state index in [0.29, 0.717) is 28.8 Å². The fourth-order valence-corrected chi connectivity index (χ4v) is 2.75. The summed E-state index contributed by atoms with van der Waals surface area (Å²) in [6, 6.07) is 13.1. The van der Waals surface area contributed by atoms with Crippen molar-refractivity contribution in [2.45, 2.75) is 26.4 Å². The van der Waals surface area contributed by atoms with Crippen LogP contribution < -0.4 is 15.4 Å². The number of hydrogen-bond donors (Lipinski definition) is 3. The summed E-state index contributed by atoms with van der Waals surface area (Å²) in [7, 11) is 1.53. The van der Waals surface area contributed by atoms with Crippen molar-refractivity contribution in [3.63, 3.8) is 0 Å². The van der Waals surface area contributed by atoms with Gasteiger partial charge in [-0.05, 0) is 31.5 Å². The van der Waals surface area contributed by atoms with Crippen molar-refractivity contribution in [2.75, 3.05) is 13.7 Å². The first-order chi connectivity index (χ1) is 12.1. The van der Waals surface area contributed by atoms with Gasteiger partial charge < -0.3 is 20.5 Å². The molecule has 0 amide bonds. The lowest BCUT2D eigenvalue weighted by Gasteiger charge is -2.19. The van der Waals surface area contributed by atoms with Crippen molar-refractivity contribution in [1.82, 2.24) is 10.6 Å². The maximum atomic E-state index is 10.2. The zero-order valence-corrected chi connectivity index (χ0v) is 18.2. The minimum absolute atomic E-state index is 0. The highest BCUT2D eigenvalue weighted by molar-refractivity contribution is 14.0. The van der Waals surface area contributed by atoms with Crippen LogP contribution in [0.4, 0.5) is 0 Å². The highest BCUT2D eigenvalue weighted by Gasteiger charge is 2.11. The lowest BCUT2D eigenvalue weighted by molar-refractivity contribution is 0.370. The van der Waals surface area contributed by atoms with Gasteiger partial charge in [0.25, 0.3) is 0 Å². The number of benzene rings is 2. The summed E-state index contributed by atoms with van der Waals surface area (Å²) in [5.41, 5.74) is 1.70. The lowest BCUT2D eigenvalue weighted by Crippen LogP contribution is -2.38. The second-order valence-electron chi connectivity index (χ2n) is 5.55. The van der Waals surface area contributed by atoms with Crippen LogP contribution in [0.15, 0.2) is 47.5 Å². The molecule has 0 aliphatic rings. The number of methoxy groups -OCH3 is 1. The summed E-state index contributed by atoms with van der Waals surface area (Å²) in [5.74, 6) is 1.20. The van der Waals surface area contributed by atoms with Gasteiger partial charge in [-0.1, -0.05) is 41.9 Å². The molecule has 2 rings (SSSR count). The number of rotatable bonds is 6. The molecule has 0 radical (unpaired) electrons. The molecule has 0 bridgehead atoms. The third-order valence-electron chi connectivity index (χ3n) is 3.78. The summed E-state index contributed by atoms with van der Waals surface area (Å²) in [4.78, 5) is 4.55. The Morgan fingerprint density at radius 1 is 1.23 bits per heavy atom. The van der Waals surface area contributed by atoms with Crippen LogP contribution in [0, 0.1) is 0 Å². The smallest absolute Gasteiger partial charge is 0.192 e. The minimum atomic E-state index is -0.00888. The van der Waals surface area contributed by atoms with Crippen LogP contribution in [0.3, 0.4) is 0 Å². The van der Waals surface area contributed by atoms with Crippen molar-refractivity contribution in [3.8, 4) is 11.5 Å². The monoisotopic (exact) mass is 489 g/mol. The molecule has 0 saturated heterocycles. The largest absolute Gasteiger partial charge is 0.504 e. The first kappa shape index (κ1) is 22.4. The predicted octanol–water partition coefficient (Wildman–Crippen LogP) is 4.49. The highest BCUT2D eigenvalue weighted by Crippen LogP contribution is 2.29. The van der Waals surface area contributed by atoms with Crippen LogP contribution in [-0.4, -0.2) is 24.7 Å². The number of guanidine groups is 1. The van der Waals surface area contributed by atoms with Gasteiger partial charge in [0.05, 0.1) is 19.7 Å². The van der Waals surface area contributed by atoms with E-state index in [1.807, 2.05) is 50.2 Å². The Hall–Kier alpha value is -1.67.